The van der Waals surface area contributed by atoms with Crippen LogP contribution in [-0.4, -0.2) is 61.8 Å². The Morgan fingerprint density at radius 2 is 1.52 bits per heavy atom. The van der Waals surface area contributed by atoms with E-state index in [2.05, 4.69) is 0 Å². The van der Waals surface area contributed by atoms with Crippen LogP contribution in [0.3, 0.4) is 0 Å². The molecule has 1 saturated carbocycles. The molecule has 2 aromatic carbocycles. The number of benzene rings is 2. The molecule has 7 nitrogen and oxygen atoms in total. The Balaban J connectivity index is 1.61. The van der Waals surface area contributed by atoms with Gasteiger partial charge in [0.1, 0.15) is 17.1 Å². The molecule has 2 aromatic rings. The first-order valence-electron chi connectivity index (χ1n) is 13.7. The number of alkyl halides is 7. The second-order valence-electron chi connectivity index (χ2n) is 11.8. The number of ether oxygens (including phenoxy) is 1. The zero-order valence-corrected chi connectivity index (χ0v) is 24.0. The summed E-state index contributed by atoms with van der Waals surface area (Å²) in [6.07, 6.45) is -12.2. The smallest absolute Gasteiger partial charge is 0.435 e. The van der Waals surface area contributed by atoms with Crippen molar-refractivity contribution in [2.75, 3.05) is 13.2 Å². The van der Waals surface area contributed by atoms with Gasteiger partial charge in [0.25, 0.3) is 0 Å². The molecule has 240 valence electrons. The molecule has 0 spiro atoms. The van der Waals surface area contributed by atoms with E-state index in [1.165, 1.54) is 29.2 Å². The number of rotatable bonds is 5. The lowest BCUT2D eigenvalue weighted by Crippen LogP contribution is -2.56. The van der Waals surface area contributed by atoms with Gasteiger partial charge in [0.15, 0.2) is 9.84 Å². The standard InChI is InChI=1S/C29H28F7NO6S/c1-25(24(39)40)11-9-17(10-12-25)23(38)37-14-13-26(44(41,42)19-5-3-2-4-6-19)20-8-7-18(15-21(20)43-16-22(26)37)27(30,28(31,32)33)29(34,35)36/h2-8,15,17,22H,9-14,16H2,1H3,(H,39,40)/t17-,22?,25-,26?. The highest BCUT2D eigenvalue weighted by Crippen LogP contribution is 2.57. The summed E-state index contributed by atoms with van der Waals surface area (Å²) in [5.41, 5.74) is -8.89. The number of sulfone groups is 1. The summed E-state index contributed by atoms with van der Waals surface area (Å²) in [4.78, 5) is 26.6. The van der Waals surface area contributed by atoms with Crippen LogP contribution in [-0.2, 0) is 29.8 Å². The summed E-state index contributed by atoms with van der Waals surface area (Å²) < 4.78 is 128. The van der Waals surface area contributed by atoms with Crippen LogP contribution in [0.2, 0.25) is 0 Å². The van der Waals surface area contributed by atoms with Gasteiger partial charge in [-0.2, -0.15) is 26.3 Å². The number of hydrogen-bond donors (Lipinski definition) is 1. The highest BCUT2D eigenvalue weighted by molar-refractivity contribution is 7.92. The first-order chi connectivity index (χ1) is 20.3. The number of carboxylic acid groups (broad SMARTS) is 1. The molecule has 0 aromatic heterocycles. The van der Waals surface area contributed by atoms with Crippen molar-refractivity contribution in [3.63, 3.8) is 0 Å². The summed E-state index contributed by atoms with van der Waals surface area (Å²) in [5, 5.41) is 9.54. The number of carbonyl (C=O) groups is 2. The third kappa shape index (κ3) is 4.55. The molecule has 5 rings (SSSR count). The fourth-order valence-electron chi connectivity index (χ4n) is 6.74. The van der Waals surface area contributed by atoms with Crippen molar-refractivity contribution in [3.8, 4) is 5.75 Å². The second kappa shape index (κ2) is 10.3. The van der Waals surface area contributed by atoms with E-state index in [0.717, 1.165) is 0 Å². The third-order valence-electron chi connectivity index (χ3n) is 9.42. The molecule has 15 heteroatoms. The minimum atomic E-state index is -6.39. The van der Waals surface area contributed by atoms with E-state index in [4.69, 9.17) is 4.74 Å². The van der Waals surface area contributed by atoms with Crippen LogP contribution in [0.4, 0.5) is 30.7 Å². The highest BCUT2D eigenvalue weighted by Gasteiger charge is 2.74. The van der Waals surface area contributed by atoms with Crippen molar-refractivity contribution >= 4 is 21.7 Å². The van der Waals surface area contributed by atoms with Crippen molar-refractivity contribution in [3.05, 3.63) is 59.7 Å². The van der Waals surface area contributed by atoms with Gasteiger partial charge in [0.2, 0.25) is 5.91 Å². The Kier molecular flexibility index (Phi) is 7.53. The van der Waals surface area contributed by atoms with Crippen molar-refractivity contribution in [2.45, 2.75) is 72.7 Å². The number of nitrogens with zero attached hydrogens (tertiary/aromatic N) is 1. The molecule has 2 aliphatic heterocycles. The quantitative estimate of drug-likeness (QED) is 0.403. The maximum atomic E-state index is 14.9. The lowest BCUT2D eigenvalue weighted by Gasteiger charge is -2.43. The van der Waals surface area contributed by atoms with Crippen LogP contribution < -0.4 is 4.74 Å². The molecule has 44 heavy (non-hydrogen) atoms. The van der Waals surface area contributed by atoms with E-state index in [0.29, 0.717) is 6.07 Å². The van der Waals surface area contributed by atoms with E-state index in [-0.39, 0.29) is 61.2 Å². The van der Waals surface area contributed by atoms with Gasteiger partial charge in [0.05, 0.1) is 16.4 Å². The summed E-state index contributed by atoms with van der Waals surface area (Å²) in [7, 11) is -4.50. The number of hydrogen-bond acceptors (Lipinski definition) is 5. The molecule has 1 amide bonds. The molecule has 2 heterocycles. The topological polar surface area (TPSA) is 101 Å². The number of likely N-dealkylation sites (tertiary alicyclic amines) is 1. The SMILES string of the molecule is C[C@]1(C(=O)O)CC[C@H](C(=O)N2CCC3(S(=O)(=O)c4ccccc4)c4ccc(C(F)(C(F)(F)F)C(F)(F)F)cc4OCC23)CC1. The van der Waals surface area contributed by atoms with Gasteiger partial charge in [-0.15, -0.1) is 0 Å². The van der Waals surface area contributed by atoms with Crippen LogP contribution in [0.1, 0.15) is 50.2 Å². The van der Waals surface area contributed by atoms with Gasteiger partial charge in [-0.1, -0.05) is 30.3 Å². The maximum Gasteiger partial charge on any atom is 0.435 e. The average Bonchev–Trinajstić information content (AvgIpc) is 3.37. The minimum Gasteiger partial charge on any atom is -0.491 e. The maximum absolute atomic E-state index is 14.9. The van der Waals surface area contributed by atoms with Crippen LogP contribution in [0.5, 0.6) is 5.75 Å². The molecule has 3 aliphatic rings. The fraction of sp³-hybridized carbons (Fsp3) is 0.517. The molecule has 2 fully saturated rings. The van der Waals surface area contributed by atoms with Crippen molar-refractivity contribution < 1.29 is 58.6 Å². The molecular weight excluding hydrogens is 623 g/mol. The minimum absolute atomic E-state index is 0.134. The lowest BCUT2D eigenvalue weighted by atomic mass is 9.71. The zero-order valence-electron chi connectivity index (χ0n) is 23.2. The van der Waals surface area contributed by atoms with Crippen molar-refractivity contribution in [2.24, 2.45) is 11.3 Å². The number of amides is 1. The van der Waals surface area contributed by atoms with E-state index < -0.39 is 79.8 Å². The molecular formula is C29H28F7NO6S. The van der Waals surface area contributed by atoms with Gasteiger partial charge in [0, 0.05) is 23.6 Å². The first kappa shape index (κ1) is 32.0. The van der Waals surface area contributed by atoms with Gasteiger partial charge in [-0.3, -0.25) is 9.59 Å². The highest BCUT2D eigenvalue weighted by atomic mass is 32.2. The van der Waals surface area contributed by atoms with Gasteiger partial charge in [-0.25, -0.2) is 12.8 Å². The Morgan fingerprint density at radius 1 is 0.932 bits per heavy atom. The lowest BCUT2D eigenvalue weighted by molar-refractivity contribution is -0.348. The molecule has 1 aliphatic carbocycles. The molecule has 1 N–H and O–H groups in total. The Bertz CT molecular complexity index is 1550. The predicted molar refractivity (Wildman–Crippen MR) is 140 cm³/mol. The summed E-state index contributed by atoms with van der Waals surface area (Å²) in [6, 6.07) is 6.94. The van der Waals surface area contributed by atoms with Crippen molar-refractivity contribution in [1.82, 2.24) is 4.90 Å². The molecule has 2 atom stereocenters. The number of carbonyl (C=O) groups excluding carboxylic acids is 1. The van der Waals surface area contributed by atoms with Gasteiger partial charge in [-0.05, 0) is 57.2 Å². The first-order valence-corrected chi connectivity index (χ1v) is 15.2. The molecule has 1 saturated heterocycles. The van der Waals surface area contributed by atoms with Gasteiger partial charge >= 0.3 is 24.0 Å². The Morgan fingerprint density at radius 3 is 2.07 bits per heavy atom. The molecule has 2 unspecified atom stereocenters. The number of aliphatic carboxylic acids is 1. The van der Waals surface area contributed by atoms with Crippen LogP contribution in [0.15, 0.2) is 53.4 Å². The summed E-state index contributed by atoms with van der Waals surface area (Å²) >= 11 is 0. The fourth-order valence-corrected chi connectivity index (χ4v) is 9.05. The summed E-state index contributed by atoms with van der Waals surface area (Å²) in [5.74, 6) is -2.75. The van der Waals surface area contributed by atoms with Crippen molar-refractivity contribution in [1.29, 1.82) is 0 Å². The number of fused-ring (bicyclic) bond motifs is 3. The van der Waals surface area contributed by atoms with E-state index in [1.807, 2.05) is 0 Å². The zero-order chi connectivity index (χ0) is 32.5. The third-order valence-corrected chi connectivity index (χ3v) is 12.0. The van der Waals surface area contributed by atoms with Crippen LogP contribution >= 0.6 is 0 Å². The number of carboxylic acids is 1. The van der Waals surface area contributed by atoms with E-state index in [1.54, 1.807) is 13.0 Å². The largest absolute Gasteiger partial charge is 0.491 e. The van der Waals surface area contributed by atoms with Crippen LogP contribution in [0, 0.1) is 11.3 Å². The summed E-state index contributed by atoms with van der Waals surface area (Å²) in [6.45, 7) is 0.837. The Labute approximate surface area is 247 Å². The van der Waals surface area contributed by atoms with E-state index in [9.17, 15) is 53.8 Å². The monoisotopic (exact) mass is 651 g/mol. The van der Waals surface area contributed by atoms with Crippen LogP contribution in [0.25, 0.3) is 0 Å². The normalized spacial score (nSPS) is 27.7. The van der Waals surface area contributed by atoms with Gasteiger partial charge < -0.3 is 14.7 Å². The van der Waals surface area contributed by atoms with E-state index >= 15 is 0 Å². The number of halogens is 7. The molecule has 0 bridgehead atoms. The average molecular weight is 652 g/mol. The Hall–Kier alpha value is -3.36. The second-order valence-corrected chi connectivity index (χ2v) is 14.0. The predicted octanol–water partition coefficient (Wildman–Crippen LogP) is 5.92. The molecule has 0 radical (unpaired) electrons.